The Hall–Kier alpha value is -1.96. The van der Waals surface area contributed by atoms with Crippen molar-refractivity contribution in [3.8, 4) is 0 Å². The van der Waals surface area contributed by atoms with Crippen molar-refractivity contribution < 1.29 is 13.6 Å². The van der Waals surface area contributed by atoms with Crippen LogP contribution in [0, 0.1) is 0 Å². The Morgan fingerprint density at radius 2 is 2.03 bits per heavy atom. The van der Waals surface area contributed by atoms with Crippen molar-refractivity contribution in [2.45, 2.75) is 58.0 Å². The summed E-state index contributed by atoms with van der Waals surface area (Å²) in [5.41, 5.74) is 2.92. The summed E-state index contributed by atoms with van der Waals surface area (Å²) in [4.78, 5) is 21.0. The molecule has 154 valence electrons. The predicted octanol–water partition coefficient (Wildman–Crippen LogP) is 4.91. The third-order valence-electron chi connectivity index (χ3n) is 6.21. The molecule has 0 bridgehead atoms. The van der Waals surface area contributed by atoms with Gasteiger partial charge in [0.15, 0.2) is 5.82 Å². The number of anilines is 2. The fourth-order valence-electron chi connectivity index (χ4n) is 4.52. The van der Waals surface area contributed by atoms with Crippen molar-refractivity contribution in [3.63, 3.8) is 0 Å². The lowest BCUT2D eigenvalue weighted by atomic mass is 9.99. The first kappa shape index (κ1) is 19.0. The molecule has 1 aromatic carbocycles. The number of halogens is 3. The van der Waals surface area contributed by atoms with E-state index in [0.29, 0.717) is 23.5 Å². The number of hydrogen-bond donors (Lipinski definition) is 0. The van der Waals surface area contributed by atoms with Gasteiger partial charge in [-0.05, 0) is 43.4 Å². The molecule has 5 rings (SSSR count). The van der Waals surface area contributed by atoms with Gasteiger partial charge in [0.1, 0.15) is 5.82 Å². The van der Waals surface area contributed by atoms with E-state index in [2.05, 4.69) is 25.4 Å². The Kier molecular flexibility index (Phi) is 4.64. The highest BCUT2D eigenvalue weighted by atomic mass is 79.9. The molecule has 3 heterocycles. The van der Waals surface area contributed by atoms with Crippen LogP contribution in [0.4, 0.5) is 20.3 Å². The molecule has 8 heteroatoms. The predicted molar refractivity (Wildman–Crippen MR) is 110 cm³/mol. The van der Waals surface area contributed by atoms with E-state index in [1.54, 1.807) is 13.0 Å². The molecule has 0 atom stereocenters. The summed E-state index contributed by atoms with van der Waals surface area (Å²) in [6, 6.07) is 3.44. The Bertz CT molecular complexity index is 986. The van der Waals surface area contributed by atoms with Gasteiger partial charge in [0.2, 0.25) is 5.91 Å². The SMILES string of the molecule is CC(=O)N1CCn2c(C3CC3)nc(N3CCCc4cc(Br)c(C(F)F)cc43)c2C1. The first-order valence-electron chi connectivity index (χ1n) is 10.2. The van der Waals surface area contributed by atoms with Gasteiger partial charge in [-0.1, -0.05) is 15.9 Å². The molecule has 1 fully saturated rings. The Labute approximate surface area is 176 Å². The Morgan fingerprint density at radius 3 is 2.72 bits per heavy atom. The van der Waals surface area contributed by atoms with Crippen LogP contribution in [0.5, 0.6) is 0 Å². The van der Waals surface area contributed by atoms with Crippen LogP contribution in [0.15, 0.2) is 16.6 Å². The van der Waals surface area contributed by atoms with Gasteiger partial charge in [0, 0.05) is 48.2 Å². The zero-order chi connectivity index (χ0) is 20.3. The number of rotatable bonds is 3. The van der Waals surface area contributed by atoms with Crippen LogP contribution in [0.1, 0.15) is 61.2 Å². The molecule has 0 N–H and O–H groups in total. The monoisotopic (exact) mass is 464 g/mol. The van der Waals surface area contributed by atoms with E-state index >= 15 is 0 Å². The minimum Gasteiger partial charge on any atom is -0.335 e. The van der Waals surface area contributed by atoms with Gasteiger partial charge in [0.25, 0.3) is 6.43 Å². The smallest absolute Gasteiger partial charge is 0.265 e. The second-order valence-electron chi connectivity index (χ2n) is 8.17. The molecular weight excluding hydrogens is 442 g/mol. The maximum atomic E-state index is 13.5. The van der Waals surface area contributed by atoms with Gasteiger partial charge in [-0.2, -0.15) is 0 Å². The van der Waals surface area contributed by atoms with Crippen LogP contribution in [-0.2, 0) is 24.3 Å². The third kappa shape index (κ3) is 3.25. The van der Waals surface area contributed by atoms with E-state index in [0.717, 1.165) is 67.4 Å². The summed E-state index contributed by atoms with van der Waals surface area (Å²) in [6.07, 6.45) is 1.55. The summed E-state index contributed by atoms with van der Waals surface area (Å²) in [5, 5.41) is 0. The quantitative estimate of drug-likeness (QED) is 0.647. The van der Waals surface area contributed by atoms with E-state index < -0.39 is 6.43 Å². The van der Waals surface area contributed by atoms with Crippen LogP contribution in [0.3, 0.4) is 0 Å². The van der Waals surface area contributed by atoms with Crippen LogP contribution in [0.2, 0.25) is 0 Å². The van der Waals surface area contributed by atoms with Gasteiger partial charge >= 0.3 is 0 Å². The summed E-state index contributed by atoms with van der Waals surface area (Å²) in [5.74, 6) is 2.47. The third-order valence-corrected chi connectivity index (χ3v) is 6.90. The zero-order valence-corrected chi connectivity index (χ0v) is 17.9. The second-order valence-corrected chi connectivity index (χ2v) is 9.02. The van der Waals surface area contributed by atoms with E-state index in [-0.39, 0.29) is 11.5 Å². The van der Waals surface area contributed by atoms with Gasteiger partial charge in [-0.15, -0.1) is 0 Å². The lowest BCUT2D eigenvalue weighted by Crippen LogP contribution is -2.38. The number of fused-ring (bicyclic) bond motifs is 2. The molecule has 1 saturated carbocycles. The van der Waals surface area contributed by atoms with E-state index in [4.69, 9.17) is 4.98 Å². The minimum absolute atomic E-state index is 0.0107. The second kappa shape index (κ2) is 7.07. The van der Waals surface area contributed by atoms with Crippen molar-refractivity contribution in [2.75, 3.05) is 18.0 Å². The van der Waals surface area contributed by atoms with Crippen molar-refractivity contribution in [1.29, 1.82) is 0 Å². The minimum atomic E-state index is -2.54. The van der Waals surface area contributed by atoms with Crippen LogP contribution < -0.4 is 4.90 Å². The molecule has 2 aliphatic heterocycles. The molecule has 3 aliphatic rings. The van der Waals surface area contributed by atoms with Gasteiger partial charge in [0.05, 0.1) is 12.2 Å². The molecular formula is C21H23BrF2N4O. The molecule has 1 amide bonds. The largest absolute Gasteiger partial charge is 0.335 e. The number of amides is 1. The highest BCUT2D eigenvalue weighted by Gasteiger charge is 2.36. The molecule has 1 aliphatic carbocycles. The Balaban J connectivity index is 1.62. The maximum absolute atomic E-state index is 13.5. The van der Waals surface area contributed by atoms with Gasteiger partial charge in [-0.3, -0.25) is 4.79 Å². The van der Waals surface area contributed by atoms with Crippen LogP contribution in [0.25, 0.3) is 0 Å². The van der Waals surface area contributed by atoms with Crippen molar-refractivity contribution in [2.24, 2.45) is 0 Å². The number of imidazole rings is 1. The van der Waals surface area contributed by atoms with Crippen molar-refractivity contribution in [3.05, 3.63) is 39.3 Å². The Morgan fingerprint density at radius 1 is 1.24 bits per heavy atom. The maximum Gasteiger partial charge on any atom is 0.265 e. The van der Waals surface area contributed by atoms with Gasteiger partial charge < -0.3 is 14.4 Å². The molecule has 5 nitrogen and oxygen atoms in total. The number of aromatic nitrogens is 2. The van der Waals surface area contributed by atoms with E-state index in [1.807, 2.05) is 11.0 Å². The van der Waals surface area contributed by atoms with Crippen molar-refractivity contribution >= 4 is 33.3 Å². The lowest BCUT2D eigenvalue weighted by Gasteiger charge is -2.34. The number of hydrogen-bond acceptors (Lipinski definition) is 3. The normalized spacial score (nSPS) is 18.8. The molecule has 1 aromatic heterocycles. The first-order valence-corrected chi connectivity index (χ1v) is 11.0. The zero-order valence-electron chi connectivity index (χ0n) is 16.3. The van der Waals surface area contributed by atoms with Crippen molar-refractivity contribution in [1.82, 2.24) is 14.5 Å². The fourth-order valence-corrected chi connectivity index (χ4v) is 5.09. The molecule has 2 aromatic rings. The number of alkyl halides is 2. The summed E-state index contributed by atoms with van der Waals surface area (Å²) in [7, 11) is 0. The summed E-state index contributed by atoms with van der Waals surface area (Å²) >= 11 is 3.31. The summed E-state index contributed by atoms with van der Waals surface area (Å²) in [6.45, 7) is 4.30. The topological polar surface area (TPSA) is 41.4 Å². The number of aryl methyl sites for hydroxylation is 1. The lowest BCUT2D eigenvalue weighted by molar-refractivity contribution is -0.130. The molecule has 0 saturated heterocycles. The summed E-state index contributed by atoms with van der Waals surface area (Å²) < 4.78 is 29.8. The molecule has 29 heavy (non-hydrogen) atoms. The average molecular weight is 465 g/mol. The van der Waals surface area contributed by atoms with Crippen LogP contribution in [-0.4, -0.2) is 33.4 Å². The first-order chi connectivity index (χ1) is 13.9. The molecule has 0 radical (unpaired) electrons. The number of carbonyl (C=O) groups excluding carboxylic acids is 1. The number of nitrogens with zero attached hydrogens (tertiary/aromatic N) is 4. The number of carbonyl (C=O) groups is 1. The van der Waals surface area contributed by atoms with Gasteiger partial charge in [-0.25, -0.2) is 13.8 Å². The molecule has 0 spiro atoms. The average Bonchev–Trinajstić information content (AvgIpc) is 3.47. The van der Waals surface area contributed by atoms with E-state index in [1.165, 1.54) is 0 Å². The van der Waals surface area contributed by atoms with E-state index in [9.17, 15) is 13.6 Å². The van der Waals surface area contributed by atoms with Crippen LogP contribution >= 0.6 is 15.9 Å². The number of benzene rings is 1. The highest BCUT2D eigenvalue weighted by molar-refractivity contribution is 9.10. The standard InChI is InChI=1S/C21H23BrF2N4O/c1-12(29)26-7-8-28-18(11-26)21(25-20(28)13-4-5-13)27-6-2-3-14-9-16(22)15(19(23)24)10-17(14)27/h9-10,13,19H,2-8,11H2,1H3. The fraction of sp³-hybridized carbons (Fsp3) is 0.524. The highest BCUT2D eigenvalue weighted by Crippen LogP contribution is 2.45. The molecule has 0 unspecified atom stereocenters.